The smallest absolute Gasteiger partial charge is 0.243 e. The molecule has 3 heteroatoms. The van der Waals surface area contributed by atoms with Gasteiger partial charge in [-0.2, -0.15) is 0 Å². The molecular formula is C9H12N2O. The number of rotatable bonds is 2. The van der Waals surface area contributed by atoms with Crippen molar-refractivity contribution in [2.24, 2.45) is 0 Å². The highest BCUT2D eigenvalue weighted by atomic mass is 16.1. The van der Waals surface area contributed by atoms with Crippen LogP contribution in [0, 0.1) is 0 Å². The standard InChI is InChI=1S/C9H10N2O.H2/c1-10-9(12)6-5-8-4-2-3-7-11-8;/h2-7H,1H3,(H,10,12);1H/b6-5+;. The van der Waals surface area contributed by atoms with Crippen LogP contribution in [-0.4, -0.2) is 17.9 Å². The van der Waals surface area contributed by atoms with Gasteiger partial charge in [0.2, 0.25) is 5.91 Å². The molecule has 1 rings (SSSR count). The van der Waals surface area contributed by atoms with E-state index < -0.39 is 0 Å². The van der Waals surface area contributed by atoms with E-state index in [2.05, 4.69) is 10.3 Å². The van der Waals surface area contributed by atoms with Crippen LogP contribution in [0.3, 0.4) is 0 Å². The molecule has 12 heavy (non-hydrogen) atoms. The Hall–Kier alpha value is -1.64. The molecule has 1 aromatic rings. The van der Waals surface area contributed by atoms with Gasteiger partial charge in [-0.15, -0.1) is 0 Å². The summed E-state index contributed by atoms with van der Waals surface area (Å²) in [7, 11) is 1.59. The summed E-state index contributed by atoms with van der Waals surface area (Å²) in [6.07, 6.45) is 4.80. The molecule has 0 atom stereocenters. The third kappa shape index (κ3) is 2.54. The van der Waals surface area contributed by atoms with Gasteiger partial charge in [-0.3, -0.25) is 9.78 Å². The number of hydrogen-bond donors (Lipinski definition) is 1. The second-order valence-electron chi connectivity index (χ2n) is 2.20. The summed E-state index contributed by atoms with van der Waals surface area (Å²) >= 11 is 0. The summed E-state index contributed by atoms with van der Waals surface area (Å²) in [6, 6.07) is 5.53. The second kappa shape index (κ2) is 4.28. The zero-order valence-corrected chi connectivity index (χ0v) is 6.82. The number of nitrogens with one attached hydrogen (secondary N) is 1. The number of carbonyl (C=O) groups excluding carboxylic acids is 1. The molecule has 1 heterocycles. The molecule has 0 bridgehead atoms. The van der Waals surface area contributed by atoms with Crippen LogP contribution in [0.2, 0.25) is 0 Å². The Morgan fingerprint density at radius 1 is 1.67 bits per heavy atom. The number of amides is 1. The lowest BCUT2D eigenvalue weighted by atomic mass is 10.3. The van der Waals surface area contributed by atoms with Crippen LogP contribution >= 0.6 is 0 Å². The fourth-order valence-electron chi connectivity index (χ4n) is 0.719. The number of hydrogen-bond acceptors (Lipinski definition) is 2. The number of likely N-dealkylation sites (N-methyl/N-ethyl adjacent to an activating group) is 1. The van der Waals surface area contributed by atoms with Crippen molar-refractivity contribution in [2.45, 2.75) is 0 Å². The van der Waals surface area contributed by atoms with Crippen LogP contribution in [-0.2, 0) is 4.79 Å². The quantitative estimate of drug-likeness (QED) is 0.665. The summed E-state index contributed by atoms with van der Waals surface area (Å²) in [5.74, 6) is -0.124. The molecule has 64 valence electrons. The van der Waals surface area contributed by atoms with E-state index in [9.17, 15) is 4.79 Å². The molecule has 0 radical (unpaired) electrons. The fraction of sp³-hybridized carbons (Fsp3) is 0.111. The predicted octanol–water partition coefficient (Wildman–Crippen LogP) is 1.09. The first-order valence-electron chi connectivity index (χ1n) is 3.64. The Balaban J connectivity index is 0.00000144. The fourth-order valence-corrected chi connectivity index (χ4v) is 0.719. The van der Waals surface area contributed by atoms with E-state index in [-0.39, 0.29) is 7.33 Å². The molecule has 0 aliphatic heterocycles. The summed E-state index contributed by atoms with van der Waals surface area (Å²) in [5, 5.41) is 2.48. The van der Waals surface area contributed by atoms with Crippen molar-refractivity contribution < 1.29 is 6.22 Å². The summed E-state index contributed by atoms with van der Waals surface area (Å²) < 4.78 is 0. The highest BCUT2D eigenvalue weighted by Crippen LogP contribution is 1.95. The van der Waals surface area contributed by atoms with Gasteiger partial charge in [0.15, 0.2) is 0 Å². The van der Waals surface area contributed by atoms with E-state index in [1.165, 1.54) is 6.08 Å². The first-order chi connectivity index (χ1) is 5.83. The molecule has 1 N–H and O–H groups in total. The molecule has 1 aromatic heterocycles. The first kappa shape index (κ1) is 8.46. The maximum Gasteiger partial charge on any atom is 0.243 e. The van der Waals surface area contributed by atoms with Crippen LogP contribution in [0.1, 0.15) is 7.12 Å². The normalized spacial score (nSPS) is 10.1. The Morgan fingerprint density at radius 2 is 2.50 bits per heavy atom. The molecule has 0 aromatic carbocycles. The van der Waals surface area contributed by atoms with Gasteiger partial charge in [0.05, 0.1) is 5.69 Å². The predicted molar refractivity (Wildman–Crippen MR) is 49.5 cm³/mol. The molecule has 3 nitrogen and oxygen atoms in total. The zero-order chi connectivity index (χ0) is 8.81. The number of nitrogens with zero attached hydrogens (tertiary/aromatic N) is 1. The van der Waals surface area contributed by atoms with Gasteiger partial charge >= 0.3 is 0 Å². The second-order valence-corrected chi connectivity index (χ2v) is 2.20. The van der Waals surface area contributed by atoms with E-state index in [0.29, 0.717) is 0 Å². The highest BCUT2D eigenvalue weighted by molar-refractivity contribution is 5.91. The summed E-state index contributed by atoms with van der Waals surface area (Å²) in [5.41, 5.74) is 0.779. The van der Waals surface area contributed by atoms with Gasteiger partial charge in [0, 0.05) is 20.7 Å². The lowest BCUT2D eigenvalue weighted by Gasteiger charge is -1.90. The minimum atomic E-state index is -0.124. The van der Waals surface area contributed by atoms with E-state index in [1.807, 2.05) is 18.2 Å². The topological polar surface area (TPSA) is 42.0 Å². The zero-order valence-electron chi connectivity index (χ0n) is 6.82. The molecule has 0 aliphatic carbocycles. The minimum absolute atomic E-state index is 0. The van der Waals surface area contributed by atoms with Crippen LogP contribution < -0.4 is 5.32 Å². The molecule has 0 spiro atoms. The van der Waals surface area contributed by atoms with Crippen molar-refractivity contribution in [1.82, 2.24) is 10.3 Å². The van der Waals surface area contributed by atoms with Gasteiger partial charge in [-0.1, -0.05) is 6.07 Å². The Labute approximate surface area is 72.6 Å². The van der Waals surface area contributed by atoms with Gasteiger partial charge < -0.3 is 5.32 Å². The highest BCUT2D eigenvalue weighted by Gasteiger charge is 1.88. The van der Waals surface area contributed by atoms with Crippen molar-refractivity contribution >= 4 is 12.0 Å². The molecule has 1 amide bonds. The Morgan fingerprint density at radius 3 is 3.08 bits per heavy atom. The van der Waals surface area contributed by atoms with Crippen LogP contribution in [0.15, 0.2) is 30.5 Å². The third-order valence-corrected chi connectivity index (χ3v) is 1.34. The molecule has 0 aliphatic rings. The number of pyridine rings is 1. The van der Waals surface area contributed by atoms with Gasteiger partial charge in [-0.25, -0.2) is 0 Å². The van der Waals surface area contributed by atoms with Crippen molar-refractivity contribution in [3.05, 3.63) is 36.2 Å². The Bertz CT molecular complexity index is 285. The lowest BCUT2D eigenvalue weighted by molar-refractivity contribution is -0.115. The van der Waals surface area contributed by atoms with Gasteiger partial charge in [0.25, 0.3) is 0 Å². The van der Waals surface area contributed by atoms with Gasteiger partial charge in [-0.05, 0) is 18.2 Å². The van der Waals surface area contributed by atoms with E-state index in [0.717, 1.165) is 5.69 Å². The Kier molecular flexibility index (Phi) is 3.02. The van der Waals surface area contributed by atoms with Crippen LogP contribution in [0.25, 0.3) is 6.08 Å². The minimum Gasteiger partial charge on any atom is -0.356 e. The molecule has 0 saturated heterocycles. The third-order valence-electron chi connectivity index (χ3n) is 1.34. The van der Waals surface area contributed by atoms with Crippen molar-refractivity contribution in [3.63, 3.8) is 0 Å². The van der Waals surface area contributed by atoms with Crippen molar-refractivity contribution in [1.29, 1.82) is 0 Å². The number of aromatic nitrogens is 1. The van der Waals surface area contributed by atoms with Crippen molar-refractivity contribution in [3.8, 4) is 0 Å². The van der Waals surface area contributed by atoms with E-state index >= 15 is 0 Å². The molecule has 0 saturated carbocycles. The molecular weight excluding hydrogens is 152 g/mol. The SMILES string of the molecule is CNC(=O)/C=C/c1ccccn1.[HH]. The van der Waals surface area contributed by atoms with E-state index in [4.69, 9.17) is 0 Å². The van der Waals surface area contributed by atoms with Crippen LogP contribution in [0.5, 0.6) is 0 Å². The first-order valence-corrected chi connectivity index (χ1v) is 3.64. The van der Waals surface area contributed by atoms with E-state index in [1.54, 1.807) is 19.3 Å². The van der Waals surface area contributed by atoms with Crippen molar-refractivity contribution in [2.75, 3.05) is 7.05 Å². The summed E-state index contributed by atoms with van der Waals surface area (Å²) in [6.45, 7) is 0. The average molecular weight is 164 g/mol. The largest absolute Gasteiger partial charge is 0.356 e. The maximum absolute atomic E-state index is 10.8. The van der Waals surface area contributed by atoms with Crippen LogP contribution in [0.4, 0.5) is 0 Å². The monoisotopic (exact) mass is 164 g/mol. The average Bonchev–Trinajstić information content (AvgIpc) is 2.16. The molecule has 0 unspecified atom stereocenters. The van der Waals surface area contributed by atoms with Gasteiger partial charge in [0.1, 0.15) is 0 Å². The summed E-state index contributed by atoms with van der Waals surface area (Å²) in [4.78, 5) is 14.8. The number of carbonyl (C=O) groups is 1. The maximum atomic E-state index is 10.8. The molecule has 0 fully saturated rings. The lowest BCUT2D eigenvalue weighted by Crippen LogP contribution is -2.13.